The van der Waals surface area contributed by atoms with Gasteiger partial charge in [-0.1, -0.05) is 0 Å². The van der Waals surface area contributed by atoms with Crippen molar-refractivity contribution in [1.29, 1.82) is 0 Å². The molecule has 1 rings (SSSR count). The molecule has 0 aromatic carbocycles. The molecule has 1 heterocycles. The van der Waals surface area contributed by atoms with Crippen LogP contribution in [-0.4, -0.2) is 28.3 Å². The lowest BCUT2D eigenvalue weighted by atomic mass is 10.2. The Balaban J connectivity index is 2.49. The van der Waals surface area contributed by atoms with E-state index >= 15 is 0 Å². The van der Waals surface area contributed by atoms with E-state index in [1.807, 2.05) is 14.0 Å². The van der Waals surface area contributed by atoms with Gasteiger partial charge in [0.1, 0.15) is 0 Å². The highest BCUT2D eigenvalue weighted by Gasteiger charge is 2.14. The Kier molecular flexibility index (Phi) is 4.04. The molecule has 0 aliphatic heterocycles. The number of carbonyl (C=O) groups is 2. The molecule has 0 spiro atoms. The second kappa shape index (κ2) is 5.29. The Morgan fingerprint density at radius 2 is 2.25 bits per heavy atom. The molecule has 0 saturated carbocycles. The number of nitrogens with zero attached hydrogens (tertiary/aromatic N) is 2. The molecule has 1 amide bonds. The first-order chi connectivity index (χ1) is 7.56. The minimum absolute atomic E-state index is 0.193. The fourth-order valence-electron chi connectivity index (χ4n) is 1.16. The van der Waals surface area contributed by atoms with Crippen molar-refractivity contribution >= 4 is 11.9 Å². The van der Waals surface area contributed by atoms with Gasteiger partial charge in [-0.25, -0.2) is 4.79 Å². The minimum Gasteiger partial charge on any atom is -0.459 e. The predicted octanol–water partition coefficient (Wildman–Crippen LogP) is -0.0922. The van der Waals surface area contributed by atoms with E-state index in [0.717, 1.165) is 11.3 Å². The number of esters is 1. The van der Waals surface area contributed by atoms with E-state index < -0.39 is 11.9 Å². The van der Waals surface area contributed by atoms with Crippen LogP contribution < -0.4 is 5.32 Å². The highest BCUT2D eigenvalue weighted by Crippen LogP contribution is 2.04. The molecule has 6 nitrogen and oxygen atoms in total. The summed E-state index contributed by atoms with van der Waals surface area (Å²) in [5.41, 5.74) is 1.82. The number of nitrogens with one attached hydrogen (secondary N) is 1. The van der Waals surface area contributed by atoms with Gasteiger partial charge >= 0.3 is 11.9 Å². The van der Waals surface area contributed by atoms with Gasteiger partial charge in [-0.2, -0.15) is 5.10 Å². The summed E-state index contributed by atoms with van der Waals surface area (Å²) < 4.78 is 6.26. The highest BCUT2D eigenvalue weighted by molar-refractivity contribution is 6.32. The molecule has 0 aliphatic carbocycles. The van der Waals surface area contributed by atoms with Crippen molar-refractivity contribution < 1.29 is 14.3 Å². The maximum absolute atomic E-state index is 11.2. The summed E-state index contributed by atoms with van der Waals surface area (Å²) in [6, 6.07) is 0. The molecular weight excluding hydrogens is 210 g/mol. The van der Waals surface area contributed by atoms with Crippen LogP contribution in [0.5, 0.6) is 0 Å². The van der Waals surface area contributed by atoms with Gasteiger partial charge in [-0.15, -0.1) is 0 Å². The summed E-state index contributed by atoms with van der Waals surface area (Å²) in [6.07, 6.45) is 1.65. The van der Waals surface area contributed by atoms with Gasteiger partial charge in [0.15, 0.2) is 0 Å². The Bertz CT molecular complexity index is 398. The predicted molar refractivity (Wildman–Crippen MR) is 56.4 cm³/mol. The van der Waals surface area contributed by atoms with Crippen LogP contribution in [0.2, 0.25) is 0 Å². The molecule has 16 heavy (non-hydrogen) atoms. The minimum atomic E-state index is -0.857. The van der Waals surface area contributed by atoms with Gasteiger partial charge in [0, 0.05) is 24.8 Å². The molecule has 1 N–H and O–H groups in total. The fraction of sp³-hybridized carbons (Fsp3) is 0.500. The van der Waals surface area contributed by atoms with Gasteiger partial charge in [0.25, 0.3) is 0 Å². The third-order valence-corrected chi connectivity index (χ3v) is 2.24. The SMILES string of the molecule is CCOC(=O)C(=O)NCc1cnn(C)c1C. The van der Waals surface area contributed by atoms with Crippen molar-refractivity contribution in [2.24, 2.45) is 7.05 Å². The third kappa shape index (κ3) is 2.82. The van der Waals surface area contributed by atoms with Crippen LogP contribution in [0.25, 0.3) is 0 Å². The topological polar surface area (TPSA) is 73.2 Å². The zero-order chi connectivity index (χ0) is 12.1. The maximum Gasteiger partial charge on any atom is 0.396 e. The number of aromatic nitrogens is 2. The average Bonchev–Trinajstić information content (AvgIpc) is 2.57. The molecule has 0 atom stereocenters. The zero-order valence-corrected chi connectivity index (χ0v) is 9.61. The summed E-state index contributed by atoms with van der Waals surface area (Å²) >= 11 is 0. The molecule has 88 valence electrons. The summed E-state index contributed by atoms with van der Waals surface area (Å²) in [7, 11) is 1.81. The smallest absolute Gasteiger partial charge is 0.396 e. The first-order valence-corrected chi connectivity index (χ1v) is 4.98. The number of carbonyl (C=O) groups excluding carboxylic acids is 2. The second-order valence-corrected chi connectivity index (χ2v) is 3.28. The molecule has 0 fully saturated rings. The zero-order valence-electron chi connectivity index (χ0n) is 9.61. The largest absolute Gasteiger partial charge is 0.459 e. The second-order valence-electron chi connectivity index (χ2n) is 3.28. The van der Waals surface area contributed by atoms with E-state index in [0.29, 0.717) is 0 Å². The summed E-state index contributed by atoms with van der Waals surface area (Å²) in [6.45, 7) is 4.00. The van der Waals surface area contributed by atoms with Crippen molar-refractivity contribution in [2.75, 3.05) is 6.61 Å². The monoisotopic (exact) mass is 225 g/mol. The third-order valence-electron chi connectivity index (χ3n) is 2.24. The molecular formula is C10H15N3O3. The van der Waals surface area contributed by atoms with E-state index in [9.17, 15) is 9.59 Å². The highest BCUT2D eigenvalue weighted by atomic mass is 16.5. The van der Waals surface area contributed by atoms with Crippen LogP contribution in [-0.2, 0) is 27.9 Å². The van der Waals surface area contributed by atoms with E-state index in [2.05, 4.69) is 15.2 Å². The summed E-state index contributed by atoms with van der Waals surface area (Å²) in [5.74, 6) is -1.59. The first-order valence-electron chi connectivity index (χ1n) is 4.98. The van der Waals surface area contributed by atoms with Crippen LogP contribution in [0, 0.1) is 6.92 Å². The van der Waals surface area contributed by atoms with Crippen LogP contribution in [0.4, 0.5) is 0 Å². The molecule has 1 aromatic rings. The molecule has 0 radical (unpaired) electrons. The van der Waals surface area contributed by atoms with Crippen molar-refractivity contribution in [3.8, 4) is 0 Å². The van der Waals surface area contributed by atoms with E-state index in [-0.39, 0.29) is 13.2 Å². The van der Waals surface area contributed by atoms with Crippen molar-refractivity contribution in [3.05, 3.63) is 17.5 Å². The lowest BCUT2D eigenvalue weighted by Crippen LogP contribution is -2.32. The quantitative estimate of drug-likeness (QED) is 0.576. The number of hydrogen-bond acceptors (Lipinski definition) is 4. The number of hydrogen-bond donors (Lipinski definition) is 1. The van der Waals surface area contributed by atoms with Crippen molar-refractivity contribution in [1.82, 2.24) is 15.1 Å². The lowest BCUT2D eigenvalue weighted by molar-refractivity contribution is -0.154. The number of ether oxygens (including phenoxy) is 1. The van der Waals surface area contributed by atoms with Crippen LogP contribution in [0.15, 0.2) is 6.20 Å². The van der Waals surface area contributed by atoms with Gasteiger partial charge in [0.2, 0.25) is 0 Å². The standard InChI is InChI=1S/C10H15N3O3/c1-4-16-10(15)9(14)11-5-8-6-12-13(3)7(8)2/h6H,4-5H2,1-3H3,(H,11,14). The molecule has 1 aromatic heterocycles. The van der Waals surface area contributed by atoms with Gasteiger partial charge in [-0.3, -0.25) is 9.48 Å². The van der Waals surface area contributed by atoms with Crippen molar-refractivity contribution in [2.45, 2.75) is 20.4 Å². The Labute approximate surface area is 93.6 Å². The van der Waals surface area contributed by atoms with Crippen LogP contribution in [0.1, 0.15) is 18.2 Å². The Hall–Kier alpha value is -1.85. The molecule has 0 unspecified atom stereocenters. The number of amides is 1. The van der Waals surface area contributed by atoms with Crippen molar-refractivity contribution in [3.63, 3.8) is 0 Å². The van der Waals surface area contributed by atoms with Crippen LogP contribution >= 0.6 is 0 Å². The van der Waals surface area contributed by atoms with E-state index in [1.54, 1.807) is 17.8 Å². The molecule has 6 heteroatoms. The molecule has 0 saturated heterocycles. The first kappa shape index (κ1) is 12.2. The van der Waals surface area contributed by atoms with Gasteiger partial charge < -0.3 is 10.1 Å². The average molecular weight is 225 g/mol. The molecule has 0 aliphatic rings. The van der Waals surface area contributed by atoms with E-state index in [4.69, 9.17) is 0 Å². The normalized spacial score (nSPS) is 9.94. The Morgan fingerprint density at radius 3 is 2.75 bits per heavy atom. The fourth-order valence-corrected chi connectivity index (χ4v) is 1.16. The molecule has 0 bridgehead atoms. The number of aryl methyl sites for hydroxylation is 1. The van der Waals surface area contributed by atoms with Crippen LogP contribution in [0.3, 0.4) is 0 Å². The summed E-state index contributed by atoms with van der Waals surface area (Å²) in [5, 5.41) is 6.50. The Morgan fingerprint density at radius 1 is 1.56 bits per heavy atom. The van der Waals surface area contributed by atoms with Gasteiger partial charge in [0.05, 0.1) is 12.8 Å². The summed E-state index contributed by atoms with van der Waals surface area (Å²) in [4.78, 5) is 22.2. The van der Waals surface area contributed by atoms with Gasteiger partial charge in [-0.05, 0) is 13.8 Å². The lowest BCUT2D eigenvalue weighted by Gasteiger charge is -2.04. The maximum atomic E-state index is 11.2. The van der Waals surface area contributed by atoms with E-state index in [1.165, 1.54) is 0 Å². The number of rotatable bonds is 3.